The highest BCUT2D eigenvalue weighted by Crippen LogP contribution is 2.23. The number of anilines is 1. The lowest BCUT2D eigenvalue weighted by Crippen LogP contribution is -2.39. The van der Waals surface area contributed by atoms with Crippen molar-refractivity contribution in [3.8, 4) is 11.4 Å². The molecule has 5 nitrogen and oxygen atoms in total. The molecule has 0 bridgehead atoms. The number of fused-ring (bicyclic) bond motifs is 1. The zero-order valence-electron chi connectivity index (χ0n) is 15.9. The van der Waals surface area contributed by atoms with Crippen molar-refractivity contribution in [2.75, 3.05) is 11.9 Å². The van der Waals surface area contributed by atoms with Crippen LogP contribution in [0.25, 0.3) is 11.4 Å². The smallest absolute Gasteiger partial charge is 0.320 e. The Morgan fingerprint density at radius 2 is 1.93 bits per heavy atom. The van der Waals surface area contributed by atoms with E-state index in [9.17, 15) is 9.18 Å². The molecule has 0 fully saturated rings. The third-order valence-corrected chi connectivity index (χ3v) is 4.95. The number of nitrogens with zero attached hydrogens (tertiary/aromatic N) is 3. The van der Waals surface area contributed by atoms with Crippen LogP contribution in [0.3, 0.4) is 0 Å². The van der Waals surface area contributed by atoms with Gasteiger partial charge in [0, 0.05) is 36.0 Å². The van der Waals surface area contributed by atoms with E-state index in [-0.39, 0.29) is 11.8 Å². The Bertz CT molecular complexity index is 1030. The normalized spacial score (nSPS) is 13.2. The van der Waals surface area contributed by atoms with Crippen LogP contribution in [0.15, 0.2) is 48.7 Å². The van der Waals surface area contributed by atoms with Crippen molar-refractivity contribution < 1.29 is 9.18 Å². The Morgan fingerprint density at radius 1 is 1.14 bits per heavy atom. The van der Waals surface area contributed by atoms with E-state index in [0.717, 1.165) is 33.6 Å². The van der Waals surface area contributed by atoms with Gasteiger partial charge in [-0.05, 0) is 49.7 Å². The van der Waals surface area contributed by atoms with E-state index in [2.05, 4.69) is 15.3 Å². The molecule has 0 saturated carbocycles. The molecule has 142 valence electrons. The minimum atomic E-state index is -0.285. The highest BCUT2D eigenvalue weighted by atomic mass is 19.1. The fourth-order valence-electron chi connectivity index (χ4n) is 3.38. The summed E-state index contributed by atoms with van der Waals surface area (Å²) in [5, 5.41) is 2.99. The zero-order chi connectivity index (χ0) is 19.7. The second-order valence-corrected chi connectivity index (χ2v) is 7.09. The van der Waals surface area contributed by atoms with Crippen molar-refractivity contribution in [3.05, 3.63) is 76.9 Å². The first-order valence-electron chi connectivity index (χ1n) is 9.23. The Hall–Kier alpha value is -3.28. The van der Waals surface area contributed by atoms with E-state index < -0.39 is 0 Å². The number of carbonyl (C=O) groups is 1. The lowest BCUT2D eigenvalue weighted by Gasteiger charge is -2.28. The van der Waals surface area contributed by atoms with E-state index in [0.29, 0.717) is 25.3 Å². The fraction of sp³-hybridized carbons (Fsp3) is 0.227. The minimum absolute atomic E-state index is 0.125. The third-order valence-electron chi connectivity index (χ3n) is 4.95. The summed E-state index contributed by atoms with van der Waals surface area (Å²) in [6.45, 7) is 5.07. The number of amides is 2. The zero-order valence-corrected chi connectivity index (χ0v) is 15.9. The molecule has 2 aromatic carbocycles. The van der Waals surface area contributed by atoms with Crippen LogP contribution < -0.4 is 5.32 Å². The SMILES string of the molecule is Cc1ccc(NC(=O)N2CCc3nc(-c4ccc(F)cc4)ncc3C2)c(C)c1. The van der Waals surface area contributed by atoms with Crippen molar-refractivity contribution in [2.24, 2.45) is 0 Å². The maximum Gasteiger partial charge on any atom is 0.322 e. The molecule has 1 N–H and O–H groups in total. The molecule has 0 atom stereocenters. The van der Waals surface area contributed by atoms with Gasteiger partial charge in [-0.15, -0.1) is 0 Å². The van der Waals surface area contributed by atoms with Crippen molar-refractivity contribution in [1.29, 1.82) is 0 Å². The second kappa shape index (κ2) is 7.38. The first-order valence-corrected chi connectivity index (χ1v) is 9.23. The Morgan fingerprint density at radius 3 is 2.68 bits per heavy atom. The van der Waals surface area contributed by atoms with E-state index in [1.807, 2.05) is 32.0 Å². The third kappa shape index (κ3) is 3.71. The maximum atomic E-state index is 13.1. The topological polar surface area (TPSA) is 58.1 Å². The number of hydrogen-bond donors (Lipinski definition) is 1. The average molecular weight is 376 g/mol. The highest BCUT2D eigenvalue weighted by Gasteiger charge is 2.23. The molecule has 3 aromatic rings. The first-order chi connectivity index (χ1) is 13.5. The van der Waals surface area contributed by atoms with Crippen molar-refractivity contribution in [1.82, 2.24) is 14.9 Å². The van der Waals surface area contributed by atoms with Gasteiger partial charge in [0.05, 0.1) is 12.2 Å². The minimum Gasteiger partial charge on any atom is -0.320 e. The van der Waals surface area contributed by atoms with Gasteiger partial charge in [-0.3, -0.25) is 0 Å². The van der Waals surface area contributed by atoms with Crippen molar-refractivity contribution in [3.63, 3.8) is 0 Å². The first kappa shape index (κ1) is 18.1. The number of carbonyl (C=O) groups excluding carboxylic acids is 1. The number of urea groups is 1. The quantitative estimate of drug-likeness (QED) is 0.717. The Balaban J connectivity index is 1.48. The predicted molar refractivity (Wildman–Crippen MR) is 106 cm³/mol. The molecule has 2 heterocycles. The number of benzene rings is 2. The second-order valence-electron chi connectivity index (χ2n) is 7.09. The van der Waals surface area contributed by atoms with Gasteiger partial charge in [0.2, 0.25) is 0 Å². The van der Waals surface area contributed by atoms with Gasteiger partial charge in [0.15, 0.2) is 5.82 Å². The van der Waals surface area contributed by atoms with Gasteiger partial charge in [-0.2, -0.15) is 0 Å². The van der Waals surface area contributed by atoms with Crippen LogP contribution in [0.1, 0.15) is 22.4 Å². The molecule has 0 spiro atoms. The van der Waals surface area contributed by atoms with Crippen LogP contribution in [0.4, 0.5) is 14.9 Å². The van der Waals surface area contributed by atoms with Crippen LogP contribution in [0.5, 0.6) is 0 Å². The fourth-order valence-corrected chi connectivity index (χ4v) is 3.38. The number of hydrogen-bond acceptors (Lipinski definition) is 3. The van der Waals surface area contributed by atoms with E-state index >= 15 is 0 Å². The van der Waals surface area contributed by atoms with Crippen molar-refractivity contribution >= 4 is 11.7 Å². The molecule has 1 aliphatic heterocycles. The molecule has 4 rings (SSSR count). The number of aromatic nitrogens is 2. The standard InChI is InChI=1S/C22H21FN4O/c1-14-3-8-19(15(2)11-14)26-22(28)27-10-9-20-17(13-27)12-24-21(25-20)16-4-6-18(23)7-5-16/h3-8,11-12H,9-10,13H2,1-2H3,(H,26,28). The van der Waals surface area contributed by atoms with Crippen molar-refractivity contribution in [2.45, 2.75) is 26.8 Å². The molecule has 1 aromatic heterocycles. The molecule has 2 amide bonds. The number of nitrogens with one attached hydrogen (secondary N) is 1. The van der Waals surface area contributed by atoms with Gasteiger partial charge in [0.1, 0.15) is 5.82 Å². The van der Waals surface area contributed by atoms with Gasteiger partial charge < -0.3 is 10.2 Å². The Kier molecular flexibility index (Phi) is 4.77. The van der Waals surface area contributed by atoms with Gasteiger partial charge in [-0.1, -0.05) is 17.7 Å². The molecule has 0 unspecified atom stereocenters. The van der Waals surface area contributed by atoms with E-state index in [1.165, 1.54) is 12.1 Å². The van der Waals surface area contributed by atoms with E-state index in [1.54, 1.807) is 23.2 Å². The lowest BCUT2D eigenvalue weighted by molar-refractivity contribution is 0.206. The summed E-state index contributed by atoms with van der Waals surface area (Å²) in [5.41, 5.74) is 5.68. The summed E-state index contributed by atoms with van der Waals surface area (Å²) in [6, 6.07) is 12.0. The monoisotopic (exact) mass is 376 g/mol. The highest BCUT2D eigenvalue weighted by molar-refractivity contribution is 5.90. The number of halogens is 1. The molecule has 0 saturated heterocycles. The van der Waals surface area contributed by atoms with Gasteiger partial charge in [-0.25, -0.2) is 19.2 Å². The molecular formula is C22H21FN4O. The summed E-state index contributed by atoms with van der Waals surface area (Å²) in [7, 11) is 0. The molecule has 1 aliphatic rings. The van der Waals surface area contributed by atoms with Gasteiger partial charge >= 0.3 is 6.03 Å². The maximum absolute atomic E-state index is 13.1. The van der Waals surface area contributed by atoms with E-state index in [4.69, 9.17) is 0 Å². The van der Waals surface area contributed by atoms with Crippen LogP contribution in [-0.2, 0) is 13.0 Å². The summed E-state index contributed by atoms with van der Waals surface area (Å²) < 4.78 is 13.1. The molecule has 28 heavy (non-hydrogen) atoms. The van der Waals surface area contributed by atoms with Crippen LogP contribution in [0.2, 0.25) is 0 Å². The molecular weight excluding hydrogens is 355 g/mol. The summed E-state index contributed by atoms with van der Waals surface area (Å²) in [5.74, 6) is 0.291. The molecule has 0 aliphatic carbocycles. The predicted octanol–water partition coefficient (Wildman–Crippen LogP) is 4.49. The van der Waals surface area contributed by atoms with Crippen LogP contribution in [0, 0.1) is 19.7 Å². The summed E-state index contributed by atoms with van der Waals surface area (Å²) in [6.07, 6.45) is 2.42. The summed E-state index contributed by atoms with van der Waals surface area (Å²) >= 11 is 0. The van der Waals surface area contributed by atoms with Crippen LogP contribution in [-0.4, -0.2) is 27.4 Å². The lowest BCUT2D eigenvalue weighted by atomic mass is 10.1. The van der Waals surface area contributed by atoms with Gasteiger partial charge in [0.25, 0.3) is 0 Å². The van der Waals surface area contributed by atoms with Crippen LogP contribution >= 0.6 is 0 Å². The number of aryl methyl sites for hydroxylation is 2. The average Bonchev–Trinajstić information content (AvgIpc) is 2.70. The number of rotatable bonds is 2. The Labute approximate surface area is 163 Å². The molecule has 0 radical (unpaired) electrons. The largest absolute Gasteiger partial charge is 0.322 e. The summed E-state index contributed by atoms with van der Waals surface area (Å²) in [4.78, 5) is 23.5. The molecule has 6 heteroatoms.